The summed E-state index contributed by atoms with van der Waals surface area (Å²) in [6, 6.07) is 9.20. The van der Waals surface area contributed by atoms with E-state index in [2.05, 4.69) is 20.8 Å². The zero-order valence-electron chi connectivity index (χ0n) is 14.8. The van der Waals surface area contributed by atoms with Gasteiger partial charge in [-0.15, -0.1) is 0 Å². The van der Waals surface area contributed by atoms with Gasteiger partial charge in [0.05, 0.1) is 17.9 Å². The SMILES string of the molecule is CC[C@@H](Nc1nnnn1-c1ccccc1)C(=O)N1CCOC(C)(C)C1. The molecule has 1 fully saturated rings. The van der Waals surface area contributed by atoms with E-state index in [9.17, 15) is 4.79 Å². The number of carbonyl (C=O) groups is 1. The Morgan fingerprint density at radius 1 is 1.36 bits per heavy atom. The summed E-state index contributed by atoms with van der Waals surface area (Å²) < 4.78 is 7.29. The van der Waals surface area contributed by atoms with E-state index in [-0.39, 0.29) is 17.6 Å². The topological polar surface area (TPSA) is 85.2 Å². The van der Waals surface area contributed by atoms with Crippen LogP contribution in [0.1, 0.15) is 27.2 Å². The van der Waals surface area contributed by atoms with Gasteiger partial charge in [0.1, 0.15) is 6.04 Å². The molecule has 2 heterocycles. The standard InChI is InChI=1S/C17H24N6O2/c1-4-14(15(24)22-10-11-25-17(2,3)12-22)18-16-19-20-21-23(16)13-8-6-5-7-9-13/h5-9,14H,4,10-12H2,1-3H3,(H,18,19,21)/t14-/m1/s1. The van der Waals surface area contributed by atoms with Gasteiger partial charge in [-0.2, -0.15) is 4.68 Å². The van der Waals surface area contributed by atoms with Crippen LogP contribution < -0.4 is 5.32 Å². The number of tetrazole rings is 1. The molecule has 1 N–H and O–H groups in total. The molecular formula is C17H24N6O2. The van der Waals surface area contributed by atoms with Gasteiger partial charge in [-0.1, -0.05) is 30.2 Å². The minimum absolute atomic E-state index is 0.0430. The summed E-state index contributed by atoms with van der Waals surface area (Å²) in [7, 11) is 0. The number of anilines is 1. The second kappa shape index (κ2) is 7.18. The lowest BCUT2D eigenvalue weighted by molar-refractivity contribution is -0.146. The van der Waals surface area contributed by atoms with Gasteiger partial charge in [0.25, 0.3) is 0 Å². The Bertz CT molecular complexity index is 715. The second-order valence-corrected chi connectivity index (χ2v) is 6.72. The number of para-hydroxylation sites is 1. The number of hydrogen-bond acceptors (Lipinski definition) is 6. The molecule has 0 unspecified atom stereocenters. The van der Waals surface area contributed by atoms with Crippen molar-refractivity contribution in [1.82, 2.24) is 25.1 Å². The molecule has 0 aliphatic carbocycles. The molecule has 8 heteroatoms. The van der Waals surface area contributed by atoms with Gasteiger partial charge in [0.2, 0.25) is 11.9 Å². The van der Waals surface area contributed by atoms with Gasteiger partial charge in [-0.25, -0.2) is 0 Å². The number of hydrogen-bond donors (Lipinski definition) is 1. The first-order valence-electron chi connectivity index (χ1n) is 8.53. The molecule has 0 bridgehead atoms. The maximum atomic E-state index is 12.9. The van der Waals surface area contributed by atoms with Gasteiger partial charge in [-0.3, -0.25) is 4.79 Å². The lowest BCUT2D eigenvalue weighted by Crippen LogP contribution is -2.54. The van der Waals surface area contributed by atoms with Gasteiger partial charge in [-0.05, 0) is 42.8 Å². The fourth-order valence-corrected chi connectivity index (χ4v) is 2.94. The summed E-state index contributed by atoms with van der Waals surface area (Å²) in [5.74, 6) is 0.500. The first kappa shape index (κ1) is 17.3. The largest absolute Gasteiger partial charge is 0.372 e. The molecule has 134 valence electrons. The van der Waals surface area contributed by atoms with Crippen LogP contribution in [0, 0.1) is 0 Å². The highest BCUT2D eigenvalue weighted by molar-refractivity contribution is 5.84. The number of rotatable bonds is 5. The number of morpholine rings is 1. The molecule has 25 heavy (non-hydrogen) atoms. The average molecular weight is 344 g/mol. The van der Waals surface area contributed by atoms with Crippen LogP contribution in [0.5, 0.6) is 0 Å². The number of carbonyl (C=O) groups excluding carboxylic acids is 1. The predicted molar refractivity (Wildman–Crippen MR) is 93.5 cm³/mol. The van der Waals surface area contributed by atoms with Crippen molar-refractivity contribution in [2.24, 2.45) is 0 Å². The number of nitrogens with one attached hydrogen (secondary N) is 1. The monoisotopic (exact) mass is 344 g/mol. The number of nitrogens with zero attached hydrogens (tertiary/aromatic N) is 5. The molecule has 2 aromatic rings. The third-order valence-corrected chi connectivity index (χ3v) is 4.22. The highest BCUT2D eigenvalue weighted by Crippen LogP contribution is 2.19. The fraction of sp³-hybridized carbons (Fsp3) is 0.529. The van der Waals surface area contributed by atoms with E-state index in [4.69, 9.17) is 4.74 Å². The quantitative estimate of drug-likeness (QED) is 0.884. The van der Waals surface area contributed by atoms with E-state index in [1.54, 1.807) is 4.68 Å². The highest BCUT2D eigenvalue weighted by atomic mass is 16.5. The van der Waals surface area contributed by atoms with Crippen molar-refractivity contribution in [3.63, 3.8) is 0 Å². The van der Waals surface area contributed by atoms with Crippen LogP contribution >= 0.6 is 0 Å². The van der Waals surface area contributed by atoms with Gasteiger partial charge >= 0.3 is 0 Å². The molecule has 3 rings (SSSR count). The minimum atomic E-state index is -0.387. The van der Waals surface area contributed by atoms with Gasteiger partial charge in [0.15, 0.2) is 0 Å². The van der Waals surface area contributed by atoms with Crippen LogP contribution in [0.25, 0.3) is 5.69 Å². The summed E-state index contributed by atoms with van der Waals surface area (Å²) in [6.07, 6.45) is 0.637. The second-order valence-electron chi connectivity index (χ2n) is 6.72. The smallest absolute Gasteiger partial charge is 0.248 e. The first-order valence-corrected chi connectivity index (χ1v) is 8.53. The highest BCUT2D eigenvalue weighted by Gasteiger charge is 2.33. The van der Waals surface area contributed by atoms with E-state index in [0.717, 1.165) is 5.69 Å². The van der Waals surface area contributed by atoms with Crippen LogP contribution in [-0.4, -0.2) is 62.4 Å². The number of ether oxygens (including phenoxy) is 1. The number of aromatic nitrogens is 4. The molecule has 1 aromatic carbocycles. The summed E-state index contributed by atoms with van der Waals surface area (Å²) in [5.41, 5.74) is 0.516. The molecule has 1 amide bonds. The zero-order chi connectivity index (χ0) is 17.9. The molecule has 0 radical (unpaired) electrons. The van der Waals surface area contributed by atoms with Crippen molar-refractivity contribution in [2.75, 3.05) is 25.0 Å². The Hall–Kier alpha value is -2.48. The molecule has 8 nitrogen and oxygen atoms in total. The Morgan fingerprint density at radius 3 is 2.80 bits per heavy atom. The zero-order valence-corrected chi connectivity index (χ0v) is 14.8. The molecule has 0 saturated carbocycles. The molecule has 1 saturated heterocycles. The van der Waals surface area contributed by atoms with Crippen LogP contribution in [0.15, 0.2) is 30.3 Å². The van der Waals surface area contributed by atoms with Crippen LogP contribution in [0.2, 0.25) is 0 Å². The first-order chi connectivity index (χ1) is 12.0. The Labute approximate surface area is 147 Å². The molecule has 1 aromatic heterocycles. The lowest BCUT2D eigenvalue weighted by Gasteiger charge is -2.39. The third kappa shape index (κ3) is 3.96. The Morgan fingerprint density at radius 2 is 2.12 bits per heavy atom. The maximum Gasteiger partial charge on any atom is 0.248 e. The summed E-state index contributed by atoms with van der Waals surface area (Å²) in [6.45, 7) is 7.69. The third-order valence-electron chi connectivity index (χ3n) is 4.22. The molecule has 1 aliphatic rings. The van der Waals surface area contributed by atoms with Crippen molar-refractivity contribution in [3.8, 4) is 5.69 Å². The van der Waals surface area contributed by atoms with E-state index in [0.29, 0.717) is 32.1 Å². The fourth-order valence-electron chi connectivity index (χ4n) is 2.94. The summed E-state index contributed by atoms with van der Waals surface area (Å²) in [4.78, 5) is 14.8. The predicted octanol–water partition coefficient (Wildman–Crippen LogP) is 1.49. The van der Waals surface area contributed by atoms with Crippen LogP contribution in [-0.2, 0) is 9.53 Å². The van der Waals surface area contributed by atoms with Crippen molar-refractivity contribution < 1.29 is 9.53 Å². The normalized spacial score (nSPS) is 18.0. The van der Waals surface area contributed by atoms with Crippen molar-refractivity contribution >= 4 is 11.9 Å². The number of benzene rings is 1. The van der Waals surface area contributed by atoms with E-state index in [1.165, 1.54) is 0 Å². The molecule has 1 atom stereocenters. The minimum Gasteiger partial charge on any atom is -0.372 e. The average Bonchev–Trinajstić information content (AvgIpc) is 3.07. The maximum absolute atomic E-state index is 12.9. The van der Waals surface area contributed by atoms with Crippen molar-refractivity contribution in [1.29, 1.82) is 0 Å². The molecular weight excluding hydrogens is 320 g/mol. The summed E-state index contributed by atoms with van der Waals surface area (Å²) in [5, 5.41) is 15.0. The summed E-state index contributed by atoms with van der Waals surface area (Å²) >= 11 is 0. The Balaban J connectivity index is 1.75. The van der Waals surface area contributed by atoms with Crippen molar-refractivity contribution in [2.45, 2.75) is 38.8 Å². The molecule has 1 aliphatic heterocycles. The van der Waals surface area contributed by atoms with Crippen LogP contribution in [0.4, 0.5) is 5.95 Å². The van der Waals surface area contributed by atoms with E-state index in [1.807, 2.05) is 56.0 Å². The van der Waals surface area contributed by atoms with Crippen LogP contribution in [0.3, 0.4) is 0 Å². The van der Waals surface area contributed by atoms with E-state index < -0.39 is 0 Å². The van der Waals surface area contributed by atoms with Gasteiger partial charge in [0, 0.05) is 13.1 Å². The van der Waals surface area contributed by atoms with Crippen molar-refractivity contribution in [3.05, 3.63) is 30.3 Å². The Kier molecular flexibility index (Phi) is 4.98. The number of amides is 1. The van der Waals surface area contributed by atoms with E-state index >= 15 is 0 Å². The lowest BCUT2D eigenvalue weighted by atomic mass is 10.1. The van der Waals surface area contributed by atoms with Gasteiger partial charge < -0.3 is 15.0 Å². The molecule has 0 spiro atoms.